The van der Waals surface area contributed by atoms with Crippen molar-refractivity contribution >= 4 is 5.78 Å². The van der Waals surface area contributed by atoms with Crippen LogP contribution in [-0.2, 0) is 13.0 Å². The monoisotopic (exact) mass is 492 g/mol. The summed E-state index contributed by atoms with van der Waals surface area (Å²) in [4.78, 5) is 16.6. The first kappa shape index (κ1) is 25.2. The third-order valence-corrected chi connectivity index (χ3v) is 8.82. The molecule has 2 aromatic carbocycles. The lowest BCUT2D eigenvalue weighted by atomic mass is 9.65. The number of Topliss-reactive ketones (excluding diaryl/α,β-unsaturated/α-hetero) is 1. The lowest BCUT2D eigenvalue weighted by molar-refractivity contribution is -0.0352. The highest BCUT2D eigenvalue weighted by Crippen LogP contribution is 2.50. The Morgan fingerprint density at radius 3 is 2.36 bits per heavy atom. The van der Waals surface area contributed by atoms with E-state index in [1.54, 1.807) is 14.2 Å². The minimum atomic E-state index is -0.770. The van der Waals surface area contributed by atoms with Gasteiger partial charge < -0.3 is 19.9 Å². The van der Waals surface area contributed by atoms with Crippen LogP contribution in [0.4, 0.5) is 0 Å². The number of nitrogens with one attached hydrogen (secondary N) is 1. The third-order valence-electron chi connectivity index (χ3n) is 8.82. The number of hydrogen-bond donors (Lipinski definition) is 2. The minimum absolute atomic E-state index is 0.0937. The predicted molar refractivity (Wildman–Crippen MR) is 141 cm³/mol. The number of rotatable bonds is 8. The molecule has 1 aliphatic carbocycles. The van der Waals surface area contributed by atoms with E-state index < -0.39 is 11.5 Å². The van der Waals surface area contributed by atoms with E-state index >= 15 is 0 Å². The van der Waals surface area contributed by atoms with Crippen molar-refractivity contribution in [3.63, 3.8) is 0 Å². The van der Waals surface area contributed by atoms with E-state index in [9.17, 15) is 9.90 Å². The second-order valence-electron chi connectivity index (χ2n) is 11.0. The van der Waals surface area contributed by atoms with Crippen molar-refractivity contribution in [1.82, 2.24) is 10.2 Å². The van der Waals surface area contributed by atoms with Crippen LogP contribution in [0.2, 0.25) is 0 Å². The Labute approximate surface area is 215 Å². The second-order valence-corrected chi connectivity index (χ2v) is 11.0. The molecule has 0 aromatic heterocycles. The van der Waals surface area contributed by atoms with Crippen LogP contribution in [0.5, 0.6) is 11.5 Å². The number of methoxy groups -OCH3 is 2. The number of carbonyl (C=O) groups excluding carboxylic acids is 1. The van der Waals surface area contributed by atoms with Crippen molar-refractivity contribution in [3.05, 3.63) is 59.2 Å². The standard InChI is InChI=1S/C30H40N2O4/c1-35-26-16-24-19-30(18-21-8-12-31-13-9-21,29(34)25(24)17-27(26)36-2)28(33)23-10-14-32(15-11-23)20-22-6-4-3-5-7-22/h3-7,16-17,21,23,28,31,33H,8-15,18-20H2,1-2H3. The maximum atomic E-state index is 14.2. The zero-order valence-corrected chi connectivity index (χ0v) is 21.7. The molecule has 36 heavy (non-hydrogen) atoms. The highest BCUT2D eigenvalue weighted by atomic mass is 16.5. The second kappa shape index (κ2) is 10.9. The van der Waals surface area contributed by atoms with Crippen molar-refractivity contribution in [1.29, 1.82) is 0 Å². The first-order valence-corrected chi connectivity index (χ1v) is 13.5. The van der Waals surface area contributed by atoms with Crippen molar-refractivity contribution in [3.8, 4) is 11.5 Å². The van der Waals surface area contributed by atoms with E-state index in [2.05, 4.69) is 40.5 Å². The molecule has 2 fully saturated rings. The first-order chi connectivity index (χ1) is 17.5. The lowest BCUT2D eigenvalue weighted by Gasteiger charge is -2.43. The molecule has 0 spiro atoms. The summed E-state index contributed by atoms with van der Waals surface area (Å²) in [6, 6.07) is 14.3. The smallest absolute Gasteiger partial charge is 0.172 e. The Morgan fingerprint density at radius 1 is 1.03 bits per heavy atom. The molecule has 194 valence electrons. The number of piperidine rings is 2. The number of nitrogens with zero attached hydrogens (tertiary/aromatic N) is 1. The molecule has 2 atom stereocenters. The molecule has 3 aliphatic rings. The summed E-state index contributed by atoms with van der Waals surface area (Å²) in [5, 5.41) is 15.5. The highest BCUT2D eigenvalue weighted by molar-refractivity contribution is 6.06. The van der Waals surface area contributed by atoms with E-state index in [4.69, 9.17) is 9.47 Å². The van der Waals surface area contributed by atoms with Crippen molar-refractivity contribution in [2.45, 2.75) is 51.2 Å². The van der Waals surface area contributed by atoms with Gasteiger partial charge in [0.15, 0.2) is 17.3 Å². The number of aliphatic hydroxyl groups excluding tert-OH is 1. The maximum absolute atomic E-state index is 14.2. The van der Waals surface area contributed by atoms with Crippen molar-refractivity contribution < 1.29 is 19.4 Å². The van der Waals surface area contributed by atoms with E-state index in [1.807, 2.05) is 12.1 Å². The van der Waals surface area contributed by atoms with Crippen LogP contribution in [0.25, 0.3) is 0 Å². The van der Waals surface area contributed by atoms with Gasteiger partial charge in [-0.15, -0.1) is 0 Å². The van der Waals surface area contributed by atoms with Crippen LogP contribution in [-0.4, -0.2) is 62.3 Å². The fraction of sp³-hybridized carbons (Fsp3) is 0.567. The molecule has 6 heteroatoms. The first-order valence-electron chi connectivity index (χ1n) is 13.5. The van der Waals surface area contributed by atoms with Crippen LogP contribution in [0.3, 0.4) is 0 Å². The lowest BCUT2D eigenvalue weighted by Crippen LogP contribution is -2.49. The summed E-state index contributed by atoms with van der Waals surface area (Å²) >= 11 is 0. The molecule has 0 amide bonds. The number of ketones is 1. The third kappa shape index (κ3) is 4.91. The summed E-state index contributed by atoms with van der Waals surface area (Å²) in [5.74, 6) is 1.88. The van der Waals surface area contributed by atoms with Gasteiger partial charge in [0.2, 0.25) is 0 Å². The normalized spacial score (nSPS) is 24.5. The van der Waals surface area contributed by atoms with Crippen LogP contribution >= 0.6 is 0 Å². The number of carbonyl (C=O) groups is 1. The van der Waals surface area contributed by atoms with E-state index in [0.717, 1.165) is 70.4 Å². The zero-order valence-electron chi connectivity index (χ0n) is 21.7. The van der Waals surface area contributed by atoms with E-state index in [-0.39, 0.29) is 11.7 Å². The molecule has 0 saturated carbocycles. The Morgan fingerprint density at radius 2 is 1.69 bits per heavy atom. The number of likely N-dealkylation sites (tertiary alicyclic amines) is 1. The molecule has 2 aliphatic heterocycles. The number of fused-ring (bicyclic) bond motifs is 1. The average Bonchev–Trinajstić information content (AvgIpc) is 3.20. The highest BCUT2D eigenvalue weighted by Gasteiger charge is 2.54. The summed E-state index contributed by atoms with van der Waals surface area (Å²) in [6.45, 7) is 4.80. The molecule has 2 N–H and O–H groups in total. The topological polar surface area (TPSA) is 71.0 Å². The molecule has 2 heterocycles. The zero-order chi connectivity index (χ0) is 25.1. The molecular weight excluding hydrogens is 452 g/mol. The number of ether oxygens (including phenoxy) is 2. The van der Waals surface area contributed by atoms with Crippen molar-refractivity contribution in [2.24, 2.45) is 17.3 Å². The number of aliphatic hydroxyl groups is 1. The summed E-state index contributed by atoms with van der Waals surface area (Å²) in [7, 11) is 3.23. The SMILES string of the molecule is COc1cc2c(cc1OC)C(=O)C(CC1CCNCC1)(C(O)C1CCN(Cc3ccccc3)CC1)C2. The average molecular weight is 493 g/mol. The molecule has 0 bridgehead atoms. The summed E-state index contributed by atoms with van der Waals surface area (Å²) < 4.78 is 11.1. The van der Waals surface area contributed by atoms with Crippen LogP contribution in [0, 0.1) is 17.3 Å². The Bertz CT molecular complexity index is 1040. The largest absolute Gasteiger partial charge is 0.493 e. The maximum Gasteiger partial charge on any atom is 0.172 e. The number of hydrogen-bond acceptors (Lipinski definition) is 6. The molecular formula is C30H40N2O4. The van der Waals surface area contributed by atoms with E-state index in [0.29, 0.717) is 29.4 Å². The minimum Gasteiger partial charge on any atom is -0.493 e. The summed E-state index contributed by atoms with van der Waals surface area (Å²) in [6.07, 6.45) is 4.62. The van der Waals surface area contributed by atoms with Gasteiger partial charge in [-0.3, -0.25) is 9.69 Å². The van der Waals surface area contributed by atoms with Gasteiger partial charge in [-0.25, -0.2) is 0 Å². The van der Waals surface area contributed by atoms with Gasteiger partial charge in [0.05, 0.1) is 25.7 Å². The predicted octanol–water partition coefficient (Wildman–Crippen LogP) is 4.09. The molecule has 2 unspecified atom stereocenters. The molecule has 2 saturated heterocycles. The fourth-order valence-corrected chi connectivity index (χ4v) is 6.81. The van der Waals surface area contributed by atoms with Crippen LogP contribution in [0.15, 0.2) is 42.5 Å². The molecule has 6 nitrogen and oxygen atoms in total. The van der Waals surface area contributed by atoms with Crippen LogP contribution in [0.1, 0.15) is 53.6 Å². The number of benzene rings is 2. The van der Waals surface area contributed by atoms with E-state index in [1.165, 1.54) is 5.56 Å². The van der Waals surface area contributed by atoms with Gasteiger partial charge in [0.25, 0.3) is 0 Å². The Hall–Kier alpha value is -2.41. The van der Waals surface area contributed by atoms with Gasteiger partial charge in [-0.2, -0.15) is 0 Å². The summed E-state index contributed by atoms with van der Waals surface area (Å²) in [5.41, 5.74) is 2.23. The van der Waals surface area contributed by atoms with Gasteiger partial charge in [-0.1, -0.05) is 30.3 Å². The molecule has 0 radical (unpaired) electrons. The van der Waals surface area contributed by atoms with Gasteiger partial charge >= 0.3 is 0 Å². The van der Waals surface area contributed by atoms with Gasteiger partial charge in [0.1, 0.15) is 0 Å². The Balaban J connectivity index is 1.37. The molecule has 5 rings (SSSR count). The van der Waals surface area contributed by atoms with Gasteiger partial charge in [-0.05, 0) is 99.8 Å². The quantitative estimate of drug-likeness (QED) is 0.578. The van der Waals surface area contributed by atoms with Crippen LogP contribution < -0.4 is 14.8 Å². The Kier molecular flexibility index (Phi) is 7.65. The fourth-order valence-electron chi connectivity index (χ4n) is 6.81. The van der Waals surface area contributed by atoms with Gasteiger partial charge in [0, 0.05) is 12.1 Å². The molecule has 2 aromatic rings. The van der Waals surface area contributed by atoms with Crippen molar-refractivity contribution in [2.75, 3.05) is 40.4 Å².